The van der Waals surface area contributed by atoms with Gasteiger partial charge < -0.3 is 15.4 Å². The molecular weight excluding hydrogens is 284 g/mol. The van der Waals surface area contributed by atoms with E-state index in [4.69, 9.17) is 4.74 Å². The molecule has 0 fully saturated rings. The average Bonchev–Trinajstić information content (AvgIpc) is 2.87. The van der Waals surface area contributed by atoms with Gasteiger partial charge in [-0.3, -0.25) is 4.79 Å². The minimum atomic E-state index is -0.152. The van der Waals surface area contributed by atoms with E-state index in [1.54, 1.807) is 11.3 Å². The first-order chi connectivity index (χ1) is 10.1. The molecule has 1 aromatic carbocycles. The Balaban J connectivity index is 1.96. The Labute approximate surface area is 129 Å². The topological polar surface area (TPSA) is 50.4 Å². The van der Waals surface area contributed by atoms with E-state index in [0.29, 0.717) is 0 Å². The summed E-state index contributed by atoms with van der Waals surface area (Å²) in [7, 11) is 1.50. The summed E-state index contributed by atoms with van der Waals surface area (Å²) in [6.45, 7) is 4.33. The SMILES string of the molecule is COCC(=O)Nc1ccc(NC(C)c2sccc2C)cc1. The molecule has 2 N–H and O–H groups in total. The number of hydrogen-bond donors (Lipinski definition) is 2. The molecule has 2 aromatic rings. The molecule has 112 valence electrons. The van der Waals surface area contributed by atoms with Gasteiger partial charge in [0.25, 0.3) is 0 Å². The van der Waals surface area contributed by atoms with E-state index in [-0.39, 0.29) is 18.6 Å². The van der Waals surface area contributed by atoms with Gasteiger partial charge in [0, 0.05) is 23.4 Å². The first-order valence-electron chi connectivity index (χ1n) is 6.79. The minimum Gasteiger partial charge on any atom is -0.378 e. The van der Waals surface area contributed by atoms with Gasteiger partial charge in [-0.25, -0.2) is 0 Å². The largest absolute Gasteiger partial charge is 0.378 e. The Morgan fingerprint density at radius 3 is 2.48 bits per heavy atom. The highest BCUT2D eigenvalue weighted by atomic mass is 32.1. The van der Waals surface area contributed by atoms with Crippen LogP contribution in [0.3, 0.4) is 0 Å². The van der Waals surface area contributed by atoms with E-state index in [9.17, 15) is 4.79 Å². The Morgan fingerprint density at radius 2 is 1.90 bits per heavy atom. The summed E-state index contributed by atoms with van der Waals surface area (Å²) in [6.07, 6.45) is 0. The Kier molecular flexibility index (Phi) is 5.36. The number of hydrogen-bond acceptors (Lipinski definition) is 4. The number of anilines is 2. The molecule has 0 bridgehead atoms. The van der Waals surface area contributed by atoms with Crippen LogP contribution in [0.2, 0.25) is 0 Å². The van der Waals surface area contributed by atoms with Gasteiger partial charge in [0.05, 0.1) is 6.04 Å². The number of methoxy groups -OCH3 is 1. The summed E-state index contributed by atoms with van der Waals surface area (Å²) in [5.41, 5.74) is 3.10. The molecule has 0 aliphatic rings. The molecule has 4 nitrogen and oxygen atoms in total. The van der Waals surface area contributed by atoms with Crippen molar-refractivity contribution in [2.24, 2.45) is 0 Å². The van der Waals surface area contributed by atoms with Crippen molar-refractivity contribution in [2.45, 2.75) is 19.9 Å². The minimum absolute atomic E-state index is 0.0642. The van der Waals surface area contributed by atoms with Crippen LogP contribution in [0.1, 0.15) is 23.4 Å². The van der Waals surface area contributed by atoms with Crippen LogP contribution in [0.5, 0.6) is 0 Å². The number of aryl methyl sites for hydroxylation is 1. The summed E-state index contributed by atoms with van der Waals surface area (Å²) >= 11 is 1.76. The number of rotatable bonds is 6. The molecule has 0 saturated carbocycles. The Bertz CT molecular complexity index is 593. The van der Waals surface area contributed by atoms with Crippen LogP contribution < -0.4 is 10.6 Å². The van der Waals surface area contributed by atoms with Gasteiger partial charge in [-0.05, 0) is 55.1 Å². The van der Waals surface area contributed by atoms with Gasteiger partial charge in [0.2, 0.25) is 5.91 Å². The highest BCUT2D eigenvalue weighted by Gasteiger charge is 2.09. The molecule has 0 radical (unpaired) electrons. The van der Waals surface area contributed by atoms with Crippen LogP contribution in [-0.2, 0) is 9.53 Å². The molecule has 1 amide bonds. The number of amides is 1. The maximum atomic E-state index is 11.4. The first kappa shape index (κ1) is 15.5. The highest BCUT2D eigenvalue weighted by molar-refractivity contribution is 7.10. The van der Waals surface area contributed by atoms with E-state index < -0.39 is 0 Å². The van der Waals surface area contributed by atoms with Gasteiger partial charge in [-0.15, -0.1) is 11.3 Å². The van der Waals surface area contributed by atoms with E-state index in [0.717, 1.165) is 11.4 Å². The molecule has 1 aromatic heterocycles. The van der Waals surface area contributed by atoms with Crippen LogP contribution >= 0.6 is 11.3 Å². The molecule has 2 rings (SSSR count). The second kappa shape index (κ2) is 7.24. The van der Waals surface area contributed by atoms with Crippen LogP contribution in [0, 0.1) is 6.92 Å². The molecular formula is C16H20N2O2S. The van der Waals surface area contributed by atoms with E-state index in [2.05, 4.69) is 35.9 Å². The van der Waals surface area contributed by atoms with Gasteiger partial charge in [0.15, 0.2) is 0 Å². The average molecular weight is 304 g/mol. The zero-order chi connectivity index (χ0) is 15.2. The monoisotopic (exact) mass is 304 g/mol. The van der Waals surface area contributed by atoms with E-state index in [1.807, 2.05) is 24.3 Å². The third kappa shape index (κ3) is 4.31. The summed E-state index contributed by atoms with van der Waals surface area (Å²) < 4.78 is 4.78. The standard InChI is InChI=1S/C16H20N2O2S/c1-11-8-9-21-16(11)12(2)17-13-4-6-14(7-5-13)18-15(19)10-20-3/h4-9,12,17H,10H2,1-3H3,(H,18,19). The smallest absolute Gasteiger partial charge is 0.250 e. The van der Waals surface area contributed by atoms with Crippen molar-refractivity contribution in [1.29, 1.82) is 0 Å². The molecule has 0 spiro atoms. The molecule has 0 saturated heterocycles. The van der Waals surface area contributed by atoms with Crippen LogP contribution in [0.15, 0.2) is 35.7 Å². The lowest BCUT2D eigenvalue weighted by molar-refractivity contribution is -0.119. The van der Waals surface area contributed by atoms with Crippen molar-refractivity contribution < 1.29 is 9.53 Å². The zero-order valence-corrected chi connectivity index (χ0v) is 13.3. The molecule has 1 unspecified atom stereocenters. The van der Waals surface area contributed by atoms with Gasteiger partial charge in [-0.1, -0.05) is 0 Å². The van der Waals surface area contributed by atoms with Crippen LogP contribution in [0.4, 0.5) is 11.4 Å². The van der Waals surface area contributed by atoms with Crippen molar-refractivity contribution in [2.75, 3.05) is 24.4 Å². The van der Waals surface area contributed by atoms with Gasteiger partial charge in [0.1, 0.15) is 6.61 Å². The fourth-order valence-electron chi connectivity index (χ4n) is 2.12. The third-order valence-corrected chi connectivity index (χ3v) is 4.32. The number of benzene rings is 1. The predicted octanol–water partition coefficient (Wildman–Crippen LogP) is 3.81. The van der Waals surface area contributed by atoms with E-state index >= 15 is 0 Å². The second-order valence-corrected chi connectivity index (χ2v) is 5.84. The van der Waals surface area contributed by atoms with Crippen molar-refractivity contribution >= 4 is 28.6 Å². The van der Waals surface area contributed by atoms with Crippen molar-refractivity contribution in [3.63, 3.8) is 0 Å². The Hall–Kier alpha value is -1.85. The molecule has 1 atom stereocenters. The summed E-state index contributed by atoms with van der Waals surface area (Å²) in [5, 5.41) is 8.34. The molecule has 5 heteroatoms. The quantitative estimate of drug-likeness (QED) is 0.853. The van der Waals surface area contributed by atoms with Crippen LogP contribution in [-0.4, -0.2) is 19.6 Å². The molecule has 0 aliphatic carbocycles. The number of ether oxygens (including phenoxy) is 1. The summed E-state index contributed by atoms with van der Waals surface area (Å²) in [4.78, 5) is 12.8. The van der Waals surface area contributed by atoms with Crippen molar-refractivity contribution in [1.82, 2.24) is 0 Å². The normalized spacial score (nSPS) is 12.0. The number of carbonyl (C=O) groups excluding carboxylic acids is 1. The number of thiophene rings is 1. The number of nitrogens with one attached hydrogen (secondary N) is 2. The second-order valence-electron chi connectivity index (χ2n) is 4.89. The lowest BCUT2D eigenvalue weighted by Crippen LogP contribution is -2.17. The maximum Gasteiger partial charge on any atom is 0.250 e. The number of carbonyl (C=O) groups is 1. The molecule has 1 heterocycles. The zero-order valence-electron chi connectivity index (χ0n) is 12.5. The highest BCUT2D eigenvalue weighted by Crippen LogP contribution is 2.27. The van der Waals surface area contributed by atoms with Crippen molar-refractivity contribution in [3.05, 3.63) is 46.2 Å². The van der Waals surface area contributed by atoms with Crippen molar-refractivity contribution in [3.8, 4) is 0 Å². The maximum absolute atomic E-state index is 11.4. The van der Waals surface area contributed by atoms with Crippen LogP contribution in [0.25, 0.3) is 0 Å². The Morgan fingerprint density at radius 1 is 1.24 bits per heavy atom. The summed E-state index contributed by atoms with van der Waals surface area (Å²) in [5.74, 6) is -0.152. The lowest BCUT2D eigenvalue weighted by Gasteiger charge is -2.15. The van der Waals surface area contributed by atoms with E-state index in [1.165, 1.54) is 17.6 Å². The predicted molar refractivity (Wildman–Crippen MR) is 88.0 cm³/mol. The van der Waals surface area contributed by atoms with Gasteiger partial charge >= 0.3 is 0 Å². The van der Waals surface area contributed by atoms with Gasteiger partial charge in [-0.2, -0.15) is 0 Å². The molecule has 21 heavy (non-hydrogen) atoms. The fraction of sp³-hybridized carbons (Fsp3) is 0.312. The summed E-state index contributed by atoms with van der Waals surface area (Å²) in [6, 6.07) is 10.1. The molecule has 0 aliphatic heterocycles. The first-order valence-corrected chi connectivity index (χ1v) is 7.67. The fourth-order valence-corrected chi connectivity index (χ4v) is 3.06. The lowest BCUT2D eigenvalue weighted by atomic mass is 10.2. The third-order valence-electron chi connectivity index (χ3n) is 3.12.